The van der Waals surface area contributed by atoms with Gasteiger partial charge in [0, 0.05) is 0 Å². The summed E-state index contributed by atoms with van der Waals surface area (Å²) >= 11 is 0. The molecule has 4 nitrogen and oxygen atoms in total. The Bertz CT molecular complexity index is 113. The molecule has 1 atom stereocenters. The fraction of sp³-hybridized carbons (Fsp3) is 0.857. The molecule has 1 unspecified atom stereocenters. The molecule has 0 amide bonds. The molecule has 0 aliphatic heterocycles. The number of carbonyl (C=O) groups is 1. The molecule has 0 aromatic rings. The molecular weight excluding hydrogens is 148 g/mol. The van der Waals surface area contributed by atoms with Crippen LogP contribution in [0, 0.1) is 0 Å². The zero-order valence-electron chi connectivity index (χ0n) is 6.87. The summed E-state index contributed by atoms with van der Waals surface area (Å²) in [7, 11) is 1.26. The van der Waals surface area contributed by atoms with Crippen LogP contribution in [0.2, 0.25) is 0 Å². The third-order valence-corrected chi connectivity index (χ3v) is 1.41. The second kappa shape index (κ2) is 6.12. The highest BCUT2D eigenvalue weighted by Gasteiger charge is 2.18. The maximum atomic E-state index is 10.7. The van der Waals surface area contributed by atoms with Gasteiger partial charge in [0.15, 0.2) is 6.10 Å². The van der Waals surface area contributed by atoms with E-state index in [1.54, 1.807) is 0 Å². The standard InChI is InChI=1S/C7H14O4/c1-3-4-5-6(11-9)7(8)10-2/h6,9H,3-5H2,1-2H3. The number of ether oxygens (including phenoxy) is 1. The van der Waals surface area contributed by atoms with E-state index in [4.69, 9.17) is 5.26 Å². The lowest BCUT2D eigenvalue weighted by atomic mass is 10.2. The second-order valence-corrected chi connectivity index (χ2v) is 2.26. The number of esters is 1. The van der Waals surface area contributed by atoms with Gasteiger partial charge < -0.3 is 4.74 Å². The Hall–Kier alpha value is -0.610. The van der Waals surface area contributed by atoms with Crippen molar-refractivity contribution in [2.75, 3.05) is 7.11 Å². The highest BCUT2D eigenvalue weighted by Crippen LogP contribution is 2.04. The summed E-state index contributed by atoms with van der Waals surface area (Å²) in [5, 5.41) is 8.25. The van der Waals surface area contributed by atoms with Crippen LogP contribution in [0.3, 0.4) is 0 Å². The van der Waals surface area contributed by atoms with Crippen molar-refractivity contribution >= 4 is 5.97 Å². The van der Waals surface area contributed by atoms with E-state index in [2.05, 4.69) is 9.62 Å². The van der Waals surface area contributed by atoms with Crippen LogP contribution in [-0.2, 0) is 14.4 Å². The molecule has 0 aliphatic rings. The normalized spacial score (nSPS) is 12.6. The minimum Gasteiger partial charge on any atom is -0.467 e. The van der Waals surface area contributed by atoms with Crippen molar-refractivity contribution in [1.29, 1.82) is 0 Å². The predicted octanol–water partition coefficient (Wildman–Crippen LogP) is 1.21. The van der Waals surface area contributed by atoms with Gasteiger partial charge in [-0.2, -0.15) is 0 Å². The Balaban J connectivity index is 3.65. The zero-order chi connectivity index (χ0) is 8.69. The molecule has 0 rings (SSSR count). The van der Waals surface area contributed by atoms with Crippen molar-refractivity contribution in [3.05, 3.63) is 0 Å². The Morgan fingerprint density at radius 3 is 2.64 bits per heavy atom. The minimum absolute atomic E-state index is 0.500. The van der Waals surface area contributed by atoms with Gasteiger partial charge in [0.2, 0.25) is 0 Å². The summed E-state index contributed by atoms with van der Waals surface area (Å²) in [5.74, 6) is -0.527. The molecule has 0 saturated carbocycles. The molecule has 0 radical (unpaired) electrons. The molecule has 0 spiro atoms. The van der Waals surface area contributed by atoms with E-state index < -0.39 is 12.1 Å². The van der Waals surface area contributed by atoms with Gasteiger partial charge in [-0.05, 0) is 6.42 Å². The molecule has 0 saturated heterocycles. The van der Waals surface area contributed by atoms with E-state index >= 15 is 0 Å². The minimum atomic E-state index is -0.819. The monoisotopic (exact) mass is 162 g/mol. The molecular formula is C7H14O4. The van der Waals surface area contributed by atoms with Crippen LogP contribution in [-0.4, -0.2) is 24.4 Å². The van der Waals surface area contributed by atoms with Crippen molar-refractivity contribution in [1.82, 2.24) is 0 Å². The summed E-state index contributed by atoms with van der Waals surface area (Å²) in [5.41, 5.74) is 0. The summed E-state index contributed by atoms with van der Waals surface area (Å²) in [6, 6.07) is 0. The van der Waals surface area contributed by atoms with Gasteiger partial charge in [-0.25, -0.2) is 9.68 Å². The number of unbranched alkanes of at least 4 members (excludes halogenated alkanes) is 1. The van der Waals surface area contributed by atoms with Crippen molar-refractivity contribution in [2.24, 2.45) is 0 Å². The first-order chi connectivity index (χ1) is 5.26. The third kappa shape index (κ3) is 3.95. The van der Waals surface area contributed by atoms with Gasteiger partial charge in [-0.1, -0.05) is 19.8 Å². The number of rotatable bonds is 5. The molecule has 11 heavy (non-hydrogen) atoms. The predicted molar refractivity (Wildman–Crippen MR) is 39.0 cm³/mol. The lowest BCUT2D eigenvalue weighted by Gasteiger charge is -2.09. The highest BCUT2D eigenvalue weighted by atomic mass is 17.1. The average molecular weight is 162 g/mol. The van der Waals surface area contributed by atoms with Crippen molar-refractivity contribution in [3.63, 3.8) is 0 Å². The smallest absolute Gasteiger partial charge is 0.338 e. The maximum absolute atomic E-state index is 10.7. The Kier molecular flexibility index (Phi) is 5.78. The van der Waals surface area contributed by atoms with Crippen molar-refractivity contribution < 1.29 is 19.7 Å². The fourth-order valence-corrected chi connectivity index (χ4v) is 0.735. The van der Waals surface area contributed by atoms with E-state index in [0.29, 0.717) is 6.42 Å². The lowest BCUT2D eigenvalue weighted by Crippen LogP contribution is -2.24. The first kappa shape index (κ1) is 10.4. The first-order valence-corrected chi connectivity index (χ1v) is 3.64. The van der Waals surface area contributed by atoms with Crippen LogP contribution in [0.4, 0.5) is 0 Å². The molecule has 0 aromatic heterocycles. The van der Waals surface area contributed by atoms with E-state index in [1.807, 2.05) is 6.92 Å². The van der Waals surface area contributed by atoms with E-state index in [1.165, 1.54) is 7.11 Å². The topological polar surface area (TPSA) is 55.8 Å². The van der Waals surface area contributed by atoms with Crippen LogP contribution in [0.15, 0.2) is 0 Å². The molecule has 1 N–H and O–H groups in total. The largest absolute Gasteiger partial charge is 0.467 e. The van der Waals surface area contributed by atoms with Crippen molar-refractivity contribution in [3.8, 4) is 0 Å². The molecule has 4 heteroatoms. The van der Waals surface area contributed by atoms with Crippen LogP contribution < -0.4 is 0 Å². The van der Waals surface area contributed by atoms with Crippen molar-refractivity contribution in [2.45, 2.75) is 32.3 Å². The van der Waals surface area contributed by atoms with E-state index in [-0.39, 0.29) is 0 Å². The zero-order valence-corrected chi connectivity index (χ0v) is 6.87. The quantitative estimate of drug-likeness (QED) is 0.375. The summed E-state index contributed by atoms with van der Waals surface area (Å²) in [4.78, 5) is 14.7. The Morgan fingerprint density at radius 2 is 2.27 bits per heavy atom. The Labute approximate surface area is 66.0 Å². The average Bonchev–Trinajstić information content (AvgIpc) is 2.05. The molecule has 0 fully saturated rings. The van der Waals surface area contributed by atoms with E-state index in [0.717, 1.165) is 12.8 Å². The number of hydrogen-bond acceptors (Lipinski definition) is 4. The number of methoxy groups -OCH3 is 1. The van der Waals surface area contributed by atoms with E-state index in [9.17, 15) is 4.79 Å². The van der Waals surface area contributed by atoms with Gasteiger partial charge in [-0.15, -0.1) is 0 Å². The second-order valence-electron chi connectivity index (χ2n) is 2.26. The van der Waals surface area contributed by atoms with Gasteiger partial charge >= 0.3 is 5.97 Å². The maximum Gasteiger partial charge on any atom is 0.338 e. The molecule has 0 bridgehead atoms. The first-order valence-electron chi connectivity index (χ1n) is 3.64. The van der Waals surface area contributed by atoms with Gasteiger partial charge in [0.1, 0.15) is 0 Å². The fourth-order valence-electron chi connectivity index (χ4n) is 0.735. The molecule has 0 aromatic carbocycles. The number of hydrogen-bond donors (Lipinski definition) is 1. The van der Waals surface area contributed by atoms with Crippen LogP contribution in [0.5, 0.6) is 0 Å². The summed E-state index contributed by atoms with van der Waals surface area (Å²) in [6.45, 7) is 1.99. The van der Waals surface area contributed by atoms with Crippen LogP contribution in [0.25, 0.3) is 0 Å². The lowest BCUT2D eigenvalue weighted by molar-refractivity contribution is -0.278. The van der Waals surface area contributed by atoms with Gasteiger partial charge in [0.05, 0.1) is 7.11 Å². The van der Waals surface area contributed by atoms with Crippen LogP contribution in [0.1, 0.15) is 26.2 Å². The highest BCUT2D eigenvalue weighted by molar-refractivity contribution is 5.74. The van der Waals surface area contributed by atoms with Gasteiger partial charge in [0.25, 0.3) is 0 Å². The SMILES string of the molecule is CCCCC(OO)C(=O)OC. The third-order valence-electron chi connectivity index (χ3n) is 1.41. The summed E-state index contributed by atoms with van der Waals surface area (Å²) < 4.78 is 4.38. The van der Waals surface area contributed by atoms with Gasteiger partial charge in [-0.3, -0.25) is 5.26 Å². The number of carbonyl (C=O) groups excluding carboxylic acids is 1. The van der Waals surface area contributed by atoms with Crippen LogP contribution >= 0.6 is 0 Å². The molecule has 66 valence electrons. The Morgan fingerprint density at radius 1 is 1.64 bits per heavy atom. The summed E-state index contributed by atoms with van der Waals surface area (Å²) in [6.07, 6.45) is 1.47. The molecule has 0 aliphatic carbocycles. The molecule has 0 heterocycles.